The van der Waals surface area contributed by atoms with Crippen LogP contribution >= 0.6 is 7.60 Å². The van der Waals surface area contributed by atoms with Gasteiger partial charge in [-0.05, 0) is 25.3 Å². The van der Waals surface area contributed by atoms with Gasteiger partial charge in [0.2, 0.25) is 0 Å². The van der Waals surface area contributed by atoms with E-state index in [9.17, 15) is 9.46 Å². The lowest BCUT2D eigenvalue weighted by Crippen LogP contribution is -2.19. The lowest BCUT2D eigenvalue weighted by molar-refractivity contribution is 0.202. The van der Waals surface area contributed by atoms with E-state index in [1.54, 1.807) is 0 Å². The molecule has 128 valence electrons. The number of unbranched alkanes of at least 4 members (excludes halogenated alkanes) is 5. The summed E-state index contributed by atoms with van der Waals surface area (Å²) in [4.78, 5) is 9.80. The molecule has 0 rings (SSSR count). The molecule has 0 aromatic rings. The van der Waals surface area contributed by atoms with Crippen LogP contribution in [0, 0.1) is 5.92 Å². The van der Waals surface area contributed by atoms with Gasteiger partial charge in [-0.15, -0.1) is 0 Å². The largest absolute Gasteiger partial charge is 0.341 e. The molecule has 2 N–H and O–H groups in total. The van der Waals surface area contributed by atoms with Crippen molar-refractivity contribution < 1.29 is 14.0 Å². The van der Waals surface area contributed by atoms with E-state index in [1.165, 1.54) is 25.7 Å². The van der Waals surface area contributed by atoms with E-state index in [2.05, 4.69) is 26.1 Å². The van der Waals surface area contributed by atoms with Crippen molar-refractivity contribution in [2.45, 2.75) is 78.6 Å². The van der Waals surface area contributed by atoms with E-state index < -0.39 is 7.60 Å². The molecule has 0 saturated carbocycles. The number of rotatable bonds is 15. The molecule has 0 aromatic heterocycles. The maximum Gasteiger partial charge on any atom is 0.341 e. The molecule has 0 spiro atoms. The van der Waals surface area contributed by atoms with Gasteiger partial charge in [0.1, 0.15) is 0 Å². The van der Waals surface area contributed by atoms with Gasteiger partial charge in [-0.25, -0.2) is 0 Å². The second kappa shape index (κ2) is 13.8. The van der Waals surface area contributed by atoms with E-state index in [0.29, 0.717) is 12.5 Å². The third-order valence-electron chi connectivity index (χ3n) is 3.82. The molecule has 5 heteroatoms. The van der Waals surface area contributed by atoms with Crippen LogP contribution in [0.4, 0.5) is 0 Å². The lowest BCUT2D eigenvalue weighted by atomic mass is 10.0. The average molecular weight is 321 g/mol. The van der Waals surface area contributed by atoms with Crippen LogP contribution in [0.5, 0.6) is 0 Å². The summed E-state index contributed by atoms with van der Waals surface area (Å²) < 4.78 is 17.2. The fraction of sp³-hybridized carbons (Fsp3) is 1.00. The van der Waals surface area contributed by atoms with Gasteiger partial charge in [0.25, 0.3) is 0 Å². The van der Waals surface area contributed by atoms with Crippen molar-refractivity contribution in [3.05, 3.63) is 0 Å². The molecule has 2 unspecified atom stereocenters. The summed E-state index contributed by atoms with van der Waals surface area (Å²) >= 11 is 0. The molecule has 0 bridgehead atoms. The minimum atomic E-state index is -3.46. The molecule has 0 heterocycles. The van der Waals surface area contributed by atoms with Crippen molar-refractivity contribution in [1.29, 1.82) is 0 Å². The number of hydrogen-bond donors (Lipinski definition) is 2. The molecular formula is C16H36NO3P. The van der Waals surface area contributed by atoms with Gasteiger partial charge in [0.15, 0.2) is 0 Å². The van der Waals surface area contributed by atoms with Crippen LogP contribution in [-0.2, 0) is 9.09 Å². The summed E-state index contributed by atoms with van der Waals surface area (Å²) in [6.07, 6.45) is 10.5. The fourth-order valence-electron chi connectivity index (χ4n) is 2.24. The van der Waals surface area contributed by atoms with Crippen LogP contribution in [0.25, 0.3) is 0 Å². The zero-order valence-electron chi connectivity index (χ0n) is 14.3. The first kappa shape index (κ1) is 21.1. The Labute approximate surface area is 131 Å². The van der Waals surface area contributed by atoms with Crippen molar-refractivity contribution in [1.82, 2.24) is 5.32 Å². The smallest absolute Gasteiger partial charge is 0.323 e. The van der Waals surface area contributed by atoms with Gasteiger partial charge >= 0.3 is 7.60 Å². The summed E-state index contributed by atoms with van der Waals surface area (Å²) in [6, 6.07) is 0. The summed E-state index contributed by atoms with van der Waals surface area (Å²) in [5, 5.41) is 3.05. The maximum absolute atomic E-state index is 11.9. The highest BCUT2D eigenvalue weighted by Crippen LogP contribution is 2.41. The molecule has 0 aliphatic rings. The van der Waals surface area contributed by atoms with Crippen molar-refractivity contribution in [3.63, 3.8) is 0 Å². The Morgan fingerprint density at radius 2 is 1.71 bits per heavy atom. The van der Waals surface area contributed by atoms with E-state index in [0.717, 1.165) is 38.6 Å². The van der Waals surface area contributed by atoms with Gasteiger partial charge in [-0.2, -0.15) is 0 Å². The van der Waals surface area contributed by atoms with Gasteiger partial charge in [0.05, 0.1) is 12.9 Å². The van der Waals surface area contributed by atoms with Crippen LogP contribution in [0.1, 0.15) is 78.6 Å². The highest BCUT2D eigenvalue weighted by molar-refractivity contribution is 7.52. The van der Waals surface area contributed by atoms with E-state index in [-0.39, 0.29) is 6.29 Å². The van der Waals surface area contributed by atoms with E-state index in [1.807, 2.05) is 0 Å². The lowest BCUT2D eigenvalue weighted by Gasteiger charge is -2.18. The molecule has 0 aliphatic carbocycles. The monoisotopic (exact) mass is 321 g/mol. The van der Waals surface area contributed by atoms with E-state index in [4.69, 9.17) is 4.52 Å². The minimum absolute atomic E-state index is 0.0744. The third kappa shape index (κ3) is 13.5. The molecule has 0 saturated heterocycles. The van der Waals surface area contributed by atoms with Crippen LogP contribution in [0.2, 0.25) is 0 Å². The Morgan fingerprint density at radius 1 is 1.05 bits per heavy atom. The number of hydrogen-bond acceptors (Lipinski definition) is 3. The Kier molecular flexibility index (Phi) is 13.8. The Morgan fingerprint density at radius 3 is 2.33 bits per heavy atom. The van der Waals surface area contributed by atoms with Crippen LogP contribution in [-0.4, -0.2) is 24.3 Å². The second-order valence-electron chi connectivity index (χ2n) is 5.92. The Bertz CT molecular complexity index is 274. The third-order valence-corrected chi connectivity index (χ3v) is 5.00. The quantitative estimate of drug-likeness (QED) is 0.332. The first-order valence-corrected chi connectivity index (χ1v) is 10.5. The predicted octanol–water partition coefficient (Wildman–Crippen LogP) is 4.92. The fourth-order valence-corrected chi connectivity index (χ4v) is 3.22. The maximum atomic E-state index is 11.9. The standard InChI is InChI=1S/C16H36NO3P/c1-4-7-9-10-11-13-17-15-21(18,19)20-14-16(6-3)12-8-5-2/h16-17H,4-15H2,1-3H3,(H,18,19). The molecule has 0 fully saturated rings. The highest BCUT2D eigenvalue weighted by Gasteiger charge is 2.20. The molecule has 21 heavy (non-hydrogen) atoms. The van der Waals surface area contributed by atoms with Gasteiger partial charge in [-0.1, -0.05) is 65.7 Å². The van der Waals surface area contributed by atoms with Crippen LogP contribution < -0.4 is 5.32 Å². The SMILES string of the molecule is CCCCCCCNCP(=O)(O)OCC(CC)CCCC. The van der Waals surface area contributed by atoms with Crippen molar-refractivity contribution in [2.75, 3.05) is 19.4 Å². The van der Waals surface area contributed by atoms with Crippen LogP contribution in [0.15, 0.2) is 0 Å². The van der Waals surface area contributed by atoms with Gasteiger partial charge in [-0.3, -0.25) is 4.57 Å². The Balaban J connectivity index is 3.69. The molecule has 0 aromatic carbocycles. The summed E-state index contributed by atoms with van der Waals surface area (Å²) in [6.45, 7) is 7.67. The van der Waals surface area contributed by atoms with E-state index >= 15 is 0 Å². The van der Waals surface area contributed by atoms with Gasteiger partial charge in [0, 0.05) is 0 Å². The molecule has 2 atom stereocenters. The molecule has 0 amide bonds. The average Bonchev–Trinajstić information content (AvgIpc) is 2.46. The van der Waals surface area contributed by atoms with Crippen LogP contribution in [0.3, 0.4) is 0 Å². The molecule has 0 radical (unpaired) electrons. The first-order valence-electron chi connectivity index (χ1n) is 8.72. The summed E-state index contributed by atoms with van der Waals surface area (Å²) in [5.41, 5.74) is 0. The summed E-state index contributed by atoms with van der Waals surface area (Å²) in [7, 11) is -3.46. The van der Waals surface area contributed by atoms with Crippen molar-refractivity contribution in [3.8, 4) is 0 Å². The summed E-state index contributed by atoms with van der Waals surface area (Å²) in [5.74, 6) is 0.402. The minimum Gasteiger partial charge on any atom is -0.323 e. The molecule has 0 aliphatic heterocycles. The normalized spacial score (nSPS) is 15.8. The molecule has 4 nitrogen and oxygen atoms in total. The predicted molar refractivity (Wildman–Crippen MR) is 90.7 cm³/mol. The zero-order valence-corrected chi connectivity index (χ0v) is 15.2. The topological polar surface area (TPSA) is 58.6 Å². The first-order chi connectivity index (χ1) is 10.1. The number of nitrogens with one attached hydrogen (secondary N) is 1. The zero-order chi connectivity index (χ0) is 16.0. The van der Waals surface area contributed by atoms with Gasteiger partial charge < -0.3 is 14.7 Å². The Hall–Kier alpha value is 0.110. The highest BCUT2D eigenvalue weighted by atomic mass is 31.2. The molecular weight excluding hydrogens is 285 g/mol. The van der Waals surface area contributed by atoms with Crippen molar-refractivity contribution in [2.24, 2.45) is 5.92 Å². The van der Waals surface area contributed by atoms with Crippen molar-refractivity contribution >= 4 is 7.60 Å². The second-order valence-corrected chi connectivity index (χ2v) is 7.77.